The lowest BCUT2D eigenvalue weighted by atomic mass is 9.88. The molecule has 0 aliphatic carbocycles. The van der Waals surface area contributed by atoms with Crippen molar-refractivity contribution < 1.29 is 0 Å². The summed E-state index contributed by atoms with van der Waals surface area (Å²) in [5, 5.41) is 17.5. The van der Waals surface area contributed by atoms with E-state index < -0.39 is 0 Å². The van der Waals surface area contributed by atoms with Crippen LogP contribution in [0.2, 0.25) is 0 Å². The van der Waals surface area contributed by atoms with Crippen LogP contribution >= 0.6 is 0 Å². The van der Waals surface area contributed by atoms with Crippen molar-refractivity contribution in [3.05, 3.63) is 110 Å². The first kappa shape index (κ1) is 17.9. The van der Waals surface area contributed by atoms with E-state index in [1.807, 2.05) is 24.8 Å². The van der Waals surface area contributed by atoms with Gasteiger partial charge >= 0.3 is 0 Å². The van der Waals surface area contributed by atoms with E-state index in [2.05, 4.69) is 94.9 Å². The van der Waals surface area contributed by atoms with Crippen molar-refractivity contribution in [2.24, 2.45) is 0 Å². The second-order valence-corrected chi connectivity index (χ2v) is 9.08. The number of pyridine rings is 2. The number of nitrogens with zero attached hydrogens (tertiary/aromatic N) is 2. The van der Waals surface area contributed by atoms with Gasteiger partial charge in [0, 0.05) is 35.6 Å². The minimum atomic E-state index is 1.20. The fraction of sp³-hybridized carbons (Fsp3) is 0. The zero-order valence-electron chi connectivity index (χ0n) is 18.3. The average molecular weight is 431 g/mol. The molecule has 0 saturated carbocycles. The van der Waals surface area contributed by atoms with Gasteiger partial charge in [0.15, 0.2) is 0 Å². The van der Waals surface area contributed by atoms with E-state index in [0.717, 1.165) is 0 Å². The van der Waals surface area contributed by atoms with E-state index in [9.17, 15) is 0 Å². The molecule has 8 rings (SSSR count). The molecular weight excluding hydrogens is 412 g/mol. The van der Waals surface area contributed by atoms with Crippen molar-refractivity contribution in [3.63, 3.8) is 0 Å². The lowest BCUT2D eigenvalue weighted by Gasteiger charge is -2.15. The summed E-state index contributed by atoms with van der Waals surface area (Å²) in [6, 6.07) is 31.1. The summed E-state index contributed by atoms with van der Waals surface area (Å²) in [4.78, 5) is 8.99. The Hall–Kier alpha value is -4.56. The lowest BCUT2D eigenvalue weighted by molar-refractivity contribution is 1.37. The molecule has 2 heteroatoms. The van der Waals surface area contributed by atoms with Gasteiger partial charge in [-0.2, -0.15) is 0 Å². The fourth-order valence-corrected chi connectivity index (χ4v) is 5.82. The van der Waals surface area contributed by atoms with E-state index in [1.165, 1.54) is 75.4 Å². The van der Waals surface area contributed by atoms with Crippen LogP contribution in [-0.4, -0.2) is 9.97 Å². The number of benzene rings is 6. The molecule has 2 nitrogen and oxygen atoms in total. The molecule has 0 saturated heterocycles. The summed E-state index contributed by atoms with van der Waals surface area (Å²) in [7, 11) is 0. The van der Waals surface area contributed by atoms with Crippen molar-refractivity contribution >= 4 is 75.4 Å². The molecule has 0 aliphatic heterocycles. The standard InChI is InChI=1S/C32H18N2/c1-3-21-5-7-23-9-11-25-12-10-24-8-6-22-4-2-20-14-16-34-18-27(20)29(22)31(24)32(25)30(23)28(21)26-17-33-15-13-19(1)26/h1-18H. The third kappa shape index (κ3) is 2.29. The summed E-state index contributed by atoms with van der Waals surface area (Å²) in [5.74, 6) is 0. The molecule has 6 aromatic carbocycles. The van der Waals surface area contributed by atoms with E-state index >= 15 is 0 Å². The Kier molecular flexibility index (Phi) is 3.42. The Bertz CT molecular complexity index is 1950. The van der Waals surface area contributed by atoms with Crippen LogP contribution in [0, 0.1) is 0 Å². The lowest BCUT2D eigenvalue weighted by Crippen LogP contribution is -1.88. The molecule has 0 fully saturated rings. The zero-order chi connectivity index (χ0) is 22.2. The van der Waals surface area contributed by atoms with E-state index in [1.54, 1.807) is 0 Å². The highest BCUT2D eigenvalue weighted by molar-refractivity contribution is 6.37. The number of hydrogen-bond donors (Lipinski definition) is 0. The largest absolute Gasteiger partial charge is 0.264 e. The Morgan fingerprint density at radius 2 is 0.588 bits per heavy atom. The van der Waals surface area contributed by atoms with Crippen LogP contribution in [0.3, 0.4) is 0 Å². The second kappa shape index (κ2) is 6.49. The molecule has 0 amide bonds. The Morgan fingerprint density at radius 1 is 0.294 bits per heavy atom. The minimum Gasteiger partial charge on any atom is -0.264 e. The quantitative estimate of drug-likeness (QED) is 0.225. The number of hydrogen-bond acceptors (Lipinski definition) is 2. The maximum atomic E-state index is 4.49. The van der Waals surface area contributed by atoms with Crippen LogP contribution in [-0.2, 0) is 0 Å². The van der Waals surface area contributed by atoms with Gasteiger partial charge < -0.3 is 0 Å². The van der Waals surface area contributed by atoms with Crippen molar-refractivity contribution in [1.29, 1.82) is 0 Å². The van der Waals surface area contributed by atoms with Crippen LogP contribution in [0.25, 0.3) is 75.4 Å². The fourth-order valence-electron chi connectivity index (χ4n) is 5.82. The Labute approximate surface area is 195 Å². The topological polar surface area (TPSA) is 25.8 Å². The predicted octanol–water partition coefficient (Wildman–Crippen LogP) is 8.55. The second-order valence-electron chi connectivity index (χ2n) is 9.08. The molecular formula is C32H18N2. The highest BCUT2D eigenvalue weighted by atomic mass is 14.6. The van der Waals surface area contributed by atoms with E-state index in [0.29, 0.717) is 0 Å². The van der Waals surface area contributed by atoms with Gasteiger partial charge in [-0.1, -0.05) is 72.8 Å². The van der Waals surface area contributed by atoms with Gasteiger partial charge in [0.25, 0.3) is 0 Å². The maximum absolute atomic E-state index is 4.49. The monoisotopic (exact) mass is 430 g/mol. The molecule has 156 valence electrons. The zero-order valence-corrected chi connectivity index (χ0v) is 18.3. The molecule has 2 heterocycles. The molecule has 34 heavy (non-hydrogen) atoms. The Balaban J connectivity index is 1.78. The molecule has 0 bridgehead atoms. The van der Waals surface area contributed by atoms with E-state index in [-0.39, 0.29) is 0 Å². The van der Waals surface area contributed by atoms with Crippen LogP contribution < -0.4 is 0 Å². The van der Waals surface area contributed by atoms with Crippen LogP contribution in [0.15, 0.2) is 110 Å². The van der Waals surface area contributed by atoms with Crippen LogP contribution in [0.4, 0.5) is 0 Å². The summed E-state index contributed by atoms with van der Waals surface area (Å²) in [6.07, 6.45) is 7.77. The van der Waals surface area contributed by atoms with Crippen molar-refractivity contribution in [2.45, 2.75) is 0 Å². The molecule has 0 aliphatic rings. The normalized spacial score (nSPS) is 12.1. The number of aromatic nitrogens is 2. The highest BCUT2D eigenvalue weighted by Crippen LogP contribution is 2.42. The smallest absolute Gasteiger partial charge is 0.0352 e. The van der Waals surface area contributed by atoms with Gasteiger partial charge in [0.1, 0.15) is 0 Å². The van der Waals surface area contributed by atoms with Crippen molar-refractivity contribution in [2.75, 3.05) is 0 Å². The maximum Gasteiger partial charge on any atom is 0.0352 e. The SMILES string of the molecule is c1cc2ccc3ccc4ccc5ccc6ccc7ccc8ccncc8c7c6c5c4c3c2cn1. The summed E-state index contributed by atoms with van der Waals surface area (Å²) in [6.45, 7) is 0. The molecule has 2 aromatic heterocycles. The number of rotatable bonds is 0. The van der Waals surface area contributed by atoms with Crippen LogP contribution in [0.1, 0.15) is 0 Å². The summed E-state index contributed by atoms with van der Waals surface area (Å²) in [5.41, 5.74) is 0. The average Bonchev–Trinajstić information content (AvgIpc) is 2.91. The van der Waals surface area contributed by atoms with Crippen LogP contribution in [0.5, 0.6) is 0 Å². The van der Waals surface area contributed by atoms with Crippen molar-refractivity contribution in [3.8, 4) is 0 Å². The molecule has 0 radical (unpaired) electrons. The minimum absolute atomic E-state index is 1.20. The molecule has 0 atom stereocenters. The third-order valence-electron chi connectivity index (χ3n) is 7.35. The first-order valence-corrected chi connectivity index (χ1v) is 11.6. The molecule has 0 unspecified atom stereocenters. The van der Waals surface area contributed by atoms with Gasteiger partial charge in [-0.05, 0) is 76.8 Å². The first-order valence-electron chi connectivity index (χ1n) is 11.6. The van der Waals surface area contributed by atoms with E-state index in [4.69, 9.17) is 0 Å². The molecule has 0 N–H and O–H groups in total. The summed E-state index contributed by atoms with van der Waals surface area (Å²) < 4.78 is 0. The number of fused-ring (bicyclic) bond motifs is 13. The highest BCUT2D eigenvalue weighted by Gasteiger charge is 2.14. The van der Waals surface area contributed by atoms with Gasteiger partial charge in [-0.25, -0.2) is 0 Å². The molecule has 0 spiro atoms. The summed E-state index contributed by atoms with van der Waals surface area (Å²) >= 11 is 0. The third-order valence-corrected chi connectivity index (χ3v) is 7.35. The van der Waals surface area contributed by atoms with Gasteiger partial charge in [-0.15, -0.1) is 0 Å². The van der Waals surface area contributed by atoms with Gasteiger partial charge in [-0.3, -0.25) is 9.97 Å². The Morgan fingerprint density at radius 3 is 0.971 bits per heavy atom. The van der Waals surface area contributed by atoms with Gasteiger partial charge in [0.05, 0.1) is 0 Å². The predicted molar refractivity (Wildman–Crippen MR) is 145 cm³/mol. The van der Waals surface area contributed by atoms with Crippen molar-refractivity contribution in [1.82, 2.24) is 9.97 Å². The molecule has 8 aromatic rings. The van der Waals surface area contributed by atoms with Gasteiger partial charge in [0.2, 0.25) is 0 Å². The first-order chi connectivity index (χ1) is 16.9.